The number of phosphoric ester groups is 1. The Morgan fingerprint density at radius 1 is 0.388 bits per heavy atom. The molecule has 0 rings (SSSR count). The predicted molar refractivity (Wildman–Crippen MR) is 341 cm³/mol. The van der Waals surface area contributed by atoms with Crippen LogP contribution in [0.15, 0.2) is 122 Å². The standard InChI is InChI=1S/C70H120NO8P/c1-6-8-10-12-14-16-18-20-22-24-26-28-30-32-33-34-35-36-37-39-41-43-45-47-49-51-53-55-57-59-61-63-70(73)79-68(67-78-80(74,75)77-65-64-71(3,4)5)66-76-69(72)62-60-58-56-54-52-50-48-46-44-42-40-38-31-29-27-25-23-21-19-17-15-13-11-9-7-2/h8-11,14-17,20-23,26-29,32-33,38,40,68H,6-7,12-13,18-19,24-25,30-31,34-37,39,41-67H2,1-5H3/b10-8-,11-9-,16-14-,17-15-,22-20-,23-21-,28-26-,29-27-,33-32-,40-38-. The first-order valence-electron chi connectivity index (χ1n) is 32.2. The molecule has 2 unspecified atom stereocenters. The SMILES string of the molecule is CC/C=C\C/C=C\C/C=C\C/C=C\C/C=C\CCCCCCCCCCCCCCCCCC(=O)OC(COC(=O)CCCCCCCCCCC/C=C\C/C=C\C/C=C\C/C=C\C/C=C\CC)COP(=O)([O-])OCC[N+](C)(C)C. The Morgan fingerprint density at radius 3 is 1.00 bits per heavy atom. The number of rotatable bonds is 58. The van der Waals surface area contributed by atoms with E-state index in [0.29, 0.717) is 17.4 Å². The van der Waals surface area contributed by atoms with Gasteiger partial charge in [0.25, 0.3) is 7.82 Å². The predicted octanol–water partition coefficient (Wildman–Crippen LogP) is 20.1. The molecule has 9 nitrogen and oxygen atoms in total. The van der Waals surface area contributed by atoms with Crippen LogP contribution in [0.5, 0.6) is 0 Å². The highest BCUT2D eigenvalue weighted by atomic mass is 31.2. The zero-order chi connectivity index (χ0) is 58.4. The second-order valence-corrected chi connectivity index (χ2v) is 23.8. The maximum absolute atomic E-state index is 12.8. The summed E-state index contributed by atoms with van der Waals surface area (Å²) in [4.78, 5) is 38.0. The third kappa shape index (κ3) is 63.6. The summed E-state index contributed by atoms with van der Waals surface area (Å²) in [5, 5.41) is 0. The molecule has 458 valence electrons. The van der Waals surface area contributed by atoms with Gasteiger partial charge in [0.05, 0.1) is 27.7 Å². The minimum Gasteiger partial charge on any atom is -0.756 e. The van der Waals surface area contributed by atoms with E-state index >= 15 is 0 Å². The second-order valence-electron chi connectivity index (χ2n) is 22.4. The first-order valence-corrected chi connectivity index (χ1v) is 33.7. The van der Waals surface area contributed by atoms with Crippen LogP contribution in [0.3, 0.4) is 0 Å². The molecule has 0 aromatic heterocycles. The van der Waals surface area contributed by atoms with Crippen LogP contribution in [0.1, 0.15) is 258 Å². The van der Waals surface area contributed by atoms with Gasteiger partial charge in [-0.3, -0.25) is 14.2 Å². The Balaban J connectivity index is 4.12. The molecular weight excluding hydrogens is 1010 g/mol. The van der Waals surface area contributed by atoms with Crippen molar-refractivity contribution in [3.8, 4) is 0 Å². The number of quaternary nitrogens is 1. The molecule has 0 radical (unpaired) electrons. The van der Waals surface area contributed by atoms with Gasteiger partial charge in [-0.25, -0.2) is 0 Å². The van der Waals surface area contributed by atoms with E-state index in [-0.39, 0.29) is 26.1 Å². The smallest absolute Gasteiger partial charge is 0.306 e. The number of ether oxygens (including phenoxy) is 2. The van der Waals surface area contributed by atoms with E-state index in [1.54, 1.807) is 0 Å². The van der Waals surface area contributed by atoms with E-state index in [1.807, 2.05) is 21.1 Å². The Labute approximate surface area is 492 Å². The molecule has 0 N–H and O–H groups in total. The number of hydrogen-bond donors (Lipinski definition) is 0. The van der Waals surface area contributed by atoms with Gasteiger partial charge in [0.15, 0.2) is 6.10 Å². The maximum Gasteiger partial charge on any atom is 0.306 e. The third-order valence-electron chi connectivity index (χ3n) is 13.5. The second kappa shape index (κ2) is 60.0. The first-order chi connectivity index (χ1) is 39.0. The van der Waals surface area contributed by atoms with Crippen LogP contribution in [0.25, 0.3) is 0 Å². The van der Waals surface area contributed by atoms with Crippen molar-refractivity contribution < 1.29 is 42.1 Å². The van der Waals surface area contributed by atoms with Crippen molar-refractivity contribution in [1.29, 1.82) is 0 Å². The van der Waals surface area contributed by atoms with Crippen LogP contribution >= 0.6 is 7.82 Å². The molecule has 0 fully saturated rings. The highest BCUT2D eigenvalue weighted by Crippen LogP contribution is 2.38. The fourth-order valence-electron chi connectivity index (χ4n) is 8.59. The quantitative estimate of drug-likeness (QED) is 0.0195. The number of phosphoric acid groups is 1. The molecule has 0 spiro atoms. The highest BCUT2D eigenvalue weighted by molar-refractivity contribution is 7.45. The monoisotopic (exact) mass is 1130 g/mol. The van der Waals surface area contributed by atoms with Crippen molar-refractivity contribution in [1.82, 2.24) is 0 Å². The van der Waals surface area contributed by atoms with Crippen molar-refractivity contribution >= 4 is 19.8 Å². The van der Waals surface area contributed by atoms with Crippen LogP contribution in [0, 0.1) is 0 Å². The maximum atomic E-state index is 12.8. The largest absolute Gasteiger partial charge is 0.756 e. The number of hydrogen-bond acceptors (Lipinski definition) is 8. The number of allylic oxidation sites excluding steroid dienone is 20. The molecule has 80 heavy (non-hydrogen) atoms. The Hall–Kier alpha value is -3.59. The Bertz CT molecular complexity index is 1760. The van der Waals surface area contributed by atoms with Gasteiger partial charge in [0, 0.05) is 12.8 Å². The molecule has 0 saturated carbocycles. The summed E-state index contributed by atoms with van der Waals surface area (Å²) in [5.41, 5.74) is 0. The van der Waals surface area contributed by atoms with Crippen LogP contribution in [0.4, 0.5) is 0 Å². The van der Waals surface area contributed by atoms with Gasteiger partial charge in [-0.05, 0) is 103 Å². The summed E-state index contributed by atoms with van der Waals surface area (Å²) < 4.78 is 34.3. The molecule has 0 aromatic rings. The molecule has 2 atom stereocenters. The molecule has 0 aliphatic carbocycles. The van der Waals surface area contributed by atoms with E-state index in [2.05, 4.69) is 135 Å². The summed E-state index contributed by atoms with van der Waals surface area (Å²) in [6, 6.07) is 0. The van der Waals surface area contributed by atoms with E-state index in [1.165, 1.54) is 109 Å². The molecule has 0 heterocycles. The van der Waals surface area contributed by atoms with Gasteiger partial charge in [-0.1, -0.05) is 264 Å². The lowest BCUT2D eigenvalue weighted by atomic mass is 10.0. The fraction of sp³-hybridized carbons (Fsp3) is 0.686. The lowest BCUT2D eigenvalue weighted by molar-refractivity contribution is -0.870. The number of carbonyl (C=O) groups is 2. The van der Waals surface area contributed by atoms with Crippen LogP contribution in [0.2, 0.25) is 0 Å². The van der Waals surface area contributed by atoms with Gasteiger partial charge in [0.2, 0.25) is 0 Å². The summed E-state index contributed by atoms with van der Waals surface area (Å²) >= 11 is 0. The van der Waals surface area contributed by atoms with E-state index in [4.69, 9.17) is 18.5 Å². The molecule has 0 aromatic carbocycles. The molecule has 0 bridgehead atoms. The summed E-state index contributed by atoms with van der Waals surface area (Å²) in [6.45, 7) is 4.01. The molecule has 10 heteroatoms. The van der Waals surface area contributed by atoms with E-state index in [9.17, 15) is 19.0 Å². The average molecular weight is 1130 g/mol. The third-order valence-corrected chi connectivity index (χ3v) is 14.4. The molecule has 0 aliphatic rings. The van der Waals surface area contributed by atoms with Crippen LogP contribution in [-0.4, -0.2) is 70.0 Å². The first kappa shape index (κ1) is 76.4. The topological polar surface area (TPSA) is 111 Å². The summed E-state index contributed by atoms with van der Waals surface area (Å²) in [6.07, 6.45) is 85.4. The lowest BCUT2D eigenvalue weighted by Crippen LogP contribution is -2.37. The number of nitrogens with zero attached hydrogens (tertiary/aromatic N) is 1. The minimum atomic E-state index is -4.65. The van der Waals surface area contributed by atoms with Crippen molar-refractivity contribution in [3.05, 3.63) is 122 Å². The average Bonchev–Trinajstić information content (AvgIpc) is 3.42. The molecule has 0 saturated heterocycles. The molecule has 0 aliphatic heterocycles. The zero-order valence-corrected chi connectivity index (χ0v) is 52.9. The fourth-order valence-corrected chi connectivity index (χ4v) is 9.32. The van der Waals surface area contributed by atoms with Crippen molar-refractivity contribution in [2.75, 3.05) is 47.5 Å². The zero-order valence-electron chi connectivity index (χ0n) is 52.0. The molecular formula is C70H120NO8P. The Kier molecular flexibility index (Phi) is 57.3. The van der Waals surface area contributed by atoms with Gasteiger partial charge >= 0.3 is 11.9 Å². The van der Waals surface area contributed by atoms with Gasteiger partial charge in [-0.15, -0.1) is 0 Å². The number of carbonyl (C=O) groups excluding carboxylic acids is 2. The van der Waals surface area contributed by atoms with Crippen LogP contribution < -0.4 is 4.89 Å². The van der Waals surface area contributed by atoms with Crippen molar-refractivity contribution in [2.24, 2.45) is 0 Å². The summed E-state index contributed by atoms with van der Waals surface area (Å²) in [7, 11) is 1.15. The highest BCUT2D eigenvalue weighted by Gasteiger charge is 2.22. The van der Waals surface area contributed by atoms with Gasteiger partial charge in [0.1, 0.15) is 19.8 Å². The van der Waals surface area contributed by atoms with Crippen molar-refractivity contribution in [3.63, 3.8) is 0 Å². The number of esters is 2. The van der Waals surface area contributed by atoms with Gasteiger partial charge in [-0.2, -0.15) is 0 Å². The molecule has 0 amide bonds. The lowest BCUT2D eigenvalue weighted by Gasteiger charge is -2.28. The summed E-state index contributed by atoms with van der Waals surface area (Å²) in [5.74, 6) is -0.842. The number of likely N-dealkylation sites (N-methyl/N-ethyl adjacent to an activating group) is 1. The normalized spacial score (nSPS) is 14.0. The van der Waals surface area contributed by atoms with E-state index < -0.39 is 32.5 Å². The van der Waals surface area contributed by atoms with Gasteiger partial charge < -0.3 is 27.9 Å². The Morgan fingerprint density at radius 2 is 0.675 bits per heavy atom. The van der Waals surface area contributed by atoms with Crippen molar-refractivity contribution in [2.45, 2.75) is 264 Å². The number of unbranched alkanes of at least 4 members (excludes halogenated alkanes) is 24. The van der Waals surface area contributed by atoms with E-state index in [0.717, 1.165) is 116 Å². The minimum absolute atomic E-state index is 0.0369. The van der Waals surface area contributed by atoms with Crippen LogP contribution in [-0.2, 0) is 32.7 Å².